The van der Waals surface area contributed by atoms with Crippen molar-refractivity contribution in [3.63, 3.8) is 0 Å². The first-order valence-electron chi connectivity index (χ1n) is 2.79. The Labute approximate surface area is 63.7 Å². The Morgan fingerprint density at radius 1 is 1.64 bits per heavy atom. The molecule has 0 aliphatic rings. The number of nitrogens with two attached hydrogens (primary N) is 1. The number of carboxylic acid groups (broad SMARTS) is 1. The van der Waals surface area contributed by atoms with Gasteiger partial charge in [0.2, 0.25) is 5.91 Å². The molecule has 6 heteroatoms. The van der Waals surface area contributed by atoms with Crippen molar-refractivity contribution < 1.29 is 20.2 Å². The predicted molar refractivity (Wildman–Crippen MR) is 37.9 cm³/mol. The number of carboxylic acids is 1. The van der Waals surface area contributed by atoms with Gasteiger partial charge in [-0.25, -0.2) is 0 Å². The fourth-order valence-electron chi connectivity index (χ4n) is 0.324. The lowest BCUT2D eigenvalue weighted by Gasteiger charge is -2.03. The van der Waals surface area contributed by atoms with Crippen molar-refractivity contribution in [1.82, 2.24) is 5.32 Å². The Hall–Kier alpha value is -1.14. The molecular formula is C5H12N2O4. The number of aliphatic carboxylic acids is 1. The standard InChI is InChI=1S/C5H10N2O3.H2O/c1-3(6)5(10)7-2-4(8)9;/h3H,2,6H2,1H3,(H,7,10)(H,8,9);1H2/t3-;/m0./s1. The van der Waals surface area contributed by atoms with Gasteiger partial charge in [0.15, 0.2) is 0 Å². The number of amides is 1. The van der Waals surface area contributed by atoms with Crippen LogP contribution in [0.4, 0.5) is 0 Å². The SMILES string of the molecule is C[C@H](N)C(=O)NCC(=O)O.O. The molecule has 0 rings (SSSR count). The van der Waals surface area contributed by atoms with Crippen molar-refractivity contribution >= 4 is 11.9 Å². The van der Waals surface area contributed by atoms with Gasteiger partial charge in [0, 0.05) is 0 Å². The van der Waals surface area contributed by atoms with E-state index in [-0.39, 0.29) is 12.0 Å². The number of nitrogens with one attached hydrogen (secondary N) is 1. The van der Waals surface area contributed by atoms with Gasteiger partial charge in [0.25, 0.3) is 0 Å². The number of rotatable bonds is 3. The smallest absolute Gasteiger partial charge is 0.322 e. The van der Waals surface area contributed by atoms with Crippen LogP contribution in [0.5, 0.6) is 0 Å². The lowest BCUT2D eigenvalue weighted by atomic mass is 10.3. The first-order chi connectivity index (χ1) is 4.54. The largest absolute Gasteiger partial charge is 0.480 e. The van der Waals surface area contributed by atoms with E-state index in [4.69, 9.17) is 10.8 Å². The fraction of sp³-hybridized carbons (Fsp3) is 0.600. The molecule has 0 saturated carbocycles. The molecule has 6 N–H and O–H groups in total. The van der Waals surface area contributed by atoms with Crippen LogP contribution in [-0.4, -0.2) is 35.0 Å². The predicted octanol–water partition coefficient (Wildman–Crippen LogP) is -2.29. The molecular weight excluding hydrogens is 152 g/mol. The summed E-state index contributed by atoms with van der Waals surface area (Å²) in [5, 5.41) is 10.2. The molecule has 6 nitrogen and oxygen atoms in total. The van der Waals surface area contributed by atoms with E-state index in [0.717, 1.165) is 0 Å². The third-order valence-corrected chi connectivity index (χ3v) is 0.827. The van der Waals surface area contributed by atoms with Crippen LogP contribution in [0, 0.1) is 0 Å². The Balaban J connectivity index is 0. The quantitative estimate of drug-likeness (QED) is 0.434. The second-order valence-corrected chi connectivity index (χ2v) is 1.90. The van der Waals surface area contributed by atoms with Crippen LogP contribution in [0.15, 0.2) is 0 Å². The Morgan fingerprint density at radius 2 is 2.09 bits per heavy atom. The summed E-state index contributed by atoms with van der Waals surface area (Å²) < 4.78 is 0. The van der Waals surface area contributed by atoms with Crippen LogP contribution in [0.1, 0.15) is 6.92 Å². The molecule has 0 bridgehead atoms. The molecule has 66 valence electrons. The summed E-state index contributed by atoms with van der Waals surface area (Å²) in [6.07, 6.45) is 0. The summed E-state index contributed by atoms with van der Waals surface area (Å²) in [4.78, 5) is 20.4. The van der Waals surface area contributed by atoms with Gasteiger partial charge in [-0.1, -0.05) is 0 Å². The summed E-state index contributed by atoms with van der Waals surface area (Å²) >= 11 is 0. The molecule has 0 saturated heterocycles. The molecule has 0 aliphatic carbocycles. The zero-order valence-electron chi connectivity index (χ0n) is 6.13. The average Bonchev–Trinajstić information content (AvgIpc) is 1.82. The second kappa shape index (κ2) is 5.63. The molecule has 0 spiro atoms. The van der Waals surface area contributed by atoms with Gasteiger partial charge < -0.3 is 21.6 Å². The summed E-state index contributed by atoms with van der Waals surface area (Å²) in [6, 6.07) is -0.653. The normalized spacial score (nSPS) is 11.1. The van der Waals surface area contributed by atoms with Gasteiger partial charge >= 0.3 is 5.97 Å². The maximum absolute atomic E-state index is 10.5. The van der Waals surface area contributed by atoms with Crippen molar-refractivity contribution in [2.75, 3.05) is 6.54 Å². The number of hydrogen-bond donors (Lipinski definition) is 3. The topological polar surface area (TPSA) is 124 Å². The Morgan fingerprint density at radius 3 is 2.36 bits per heavy atom. The molecule has 1 amide bonds. The van der Waals surface area contributed by atoms with Gasteiger partial charge in [0.05, 0.1) is 6.04 Å². The molecule has 0 fully saturated rings. The molecule has 0 aromatic rings. The van der Waals surface area contributed by atoms with Crippen molar-refractivity contribution in [3.05, 3.63) is 0 Å². The van der Waals surface area contributed by atoms with Crippen molar-refractivity contribution in [1.29, 1.82) is 0 Å². The lowest BCUT2D eigenvalue weighted by Crippen LogP contribution is -2.40. The van der Waals surface area contributed by atoms with Crippen LogP contribution < -0.4 is 11.1 Å². The van der Waals surface area contributed by atoms with E-state index in [1.54, 1.807) is 0 Å². The van der Waals surface area contributed by atoms with Gasteiger partial charge in [-0.3, -0.25) is 9.59 Å². The van der Waals surface area contributed by atoms with Gasteiger partial charge in [0.1, 0.15) is 6.54 Å². The number of carbonyl (C=O) groups is 2. The molecule has 0 unspecified atom stereocenters. The molecule has 11 heavy (non-hydrogen) atoms. The van der Waals surface area contributed by atoms with Crippen molar-refractivity contribution in [2.24, 2.45) is 5.73 Å². The Bertz CT molecular complexity index is 145. The minimum Gasteiger partial charge on any atom is -0.480 e. The van der Waals surface area contributed by atoms with Gasteiger partial charge in [-0.05, 0) is 6.92 Å². The highest BCUT2D eigenvalue weighted by molar-refractivity contribution is 5.84. The average molecular weight is 164 g/mol. The summed E-state index contributed by atoms with van der Waals surface area (Å²) in [7, 11) is 0. The minimum absolute atomic E-state index is 0. The molecule has 1 atom stereocenters. The van der Waals surface area contributed by atoms with Gasteiger partial charge in [-0.2, -0.15) is 0 Å². The third kappa shape index (κ3) is 6.75. The van der Waals surface area contributed by atoms with Crippen LogP contribution in [0.3, 0.4) is 0 Å². The van der Waals surface area contributed by atoms with E-state index in [2.05, 4.69) is 5.32 Å². The maximum atomic E-state index is 10.5. The monoisotopic (exact) mass is 164 g/mol. The minimum atomic E-state index is -1.07. The zero-order valence-corrected chi connectivity index (χ0v) is 6.13. The van der Waals surface area contributed by atoms with Crippen LogP contribution in [-0.2, 0) is 9.59 Å². The molecule has 0 aromatic heterocycles. The fourth-order valence-corrected chi connectivity index (χ4v) is 0.324. The number of carbonyl (C=O) groups excluding carboxylic acids is 1. The van der Waals surface area contributed by atoms with E-state index in [1.807, 2.05) is 0 Å². The van der Waals surface area contributed by atoms with Crippen LogP contribution >= 0.6 is 0 Å². The lowest BCUT2D eigenvalue weighted by molar-refractivity contribution is -0.138. The van der Waals surface area contributed by atoms with E-state index in [1.165, 1.54) is 6.92 Å². The van der Waals surface area contributed by atoms with Gasteiger partial charge in [-0.15, -0.1) is 0 Å². The van der Waals surface area contributed by atoms with Crippen molar-refractivity contribution in [2.45, 2.75) is 13.0 Å². The summed E-state index contributed by atoms with van der Waals surface area (Å²) in [6.45, 7) is 1.11. The van der Waals surface area contributed by atoms with Crippen LogP contribution in [0.2, 0.25) is 0 Å². The first kappa shape index (κ1) is 12.5. The third-order valence-electron chi connectivity index (χ3n) is 0.827. The molecule has 0 aromatic carbocycles. The van der Waals surface area contributed by atoms with E-state index < -0.39 is 17.9 Å². The highest BCUT2D eigenvalue weighted by Crippen LogP contribution is 1.73. The van der Waals surface area contributed by atoms with E-state index in [0.29, 0.717) is 0 Å². The molecule has 0 radical (unpaired) electrons. The summed E-state index contributed by atoms with van der Waals surface area (Å²) in [5.41, 5.74) is 5.12. The first-order valence-corrected chi connectivity index (χ1v) is 2.79. The Kier molecular flexibility index (Phi) is 6.41. The maximum Gasteiger partial charge on any atom is 0.322 e. The number of hydrogen-bond acceptors (Lipinski definition) is 3. The molecule has 0 heterocycles. The highest BCUT2D eigenvalue weighted by atomic mass is 16.4. The molecule has 0 aliphatic heterocycles. The second-order valence-electron chi connectivity index (χ2n) is 1.90. The van der Waals surface area contributed by atoms with E-state index >= 15 is 0 Å². The van der Waals surface area contributed by atoms with Crippen molar-refractivity contribution in [3.8, 4) is 0 Å². The zero-order chi connectivity index (χ0) is 8.15. The van der Waals surface area contributed by atoms with E-state index in [9.17, 15) is 9.59 Å². The summed E-state index contributed by atoms with van der Waals surface area (Å²) in [5.74, 6) is -1.53. The van der Waals surface area contributed by atoms with Crippen LogP contribution in [0.25, 0.3) is 0 Å². The highest BCUT2D eigenvalue weighted by Gasteiger charge is 2.07.